The predicted molar refractivity (Wildman–Crippen MR) is 117 cm³/mol. The van der Waals surface area contributed by atoms with E-state index in [1.165, 1.54) is 6.33 Å². The summed E-state index contributed by atoms with van der Waals surface area (Å²) in [5.41, 5.74) is 3.45. The molecule has 1 aromatic heterocycles. The molecule has 2 heterocycles. The van der Waals surface area contributed by atoms with Crippen molar-refractivity contribution in [2.75, 3.05) is 32.7 Å². The fourth-order valence-electron chi connectivity index (χ4n) is 3.64. The largest absolute Gasteiger partial charge is 0.340 e. The second kappa shape index (κ2) is 9.69. The van der Waals surface area contributed by atoms with Gasteiger partial charge in [-0.3, -0.25) is 9.69 Å². The van der Waals surface area contributed by atoms with Gasteiger partial charge in [0.2, 0.25) is 11.6 Å². The molecule has 2 aromatic carbocycles. The number of nitrogens with zero attached hydrogens (tertiary/aromatic N) is 7. The second-order valence-corrected chi connectivity index (χ2v) is 7.87. The van der Waals surface area contributed by atoms with Gasteiger partial charge < -0.3 is 4.90 Å². The van der Waals surface area contributed by atoms with Crippen molar-refractivity contribution in [2.45, 2.75) is 12.8 Å². The Hall–Kier alpha value is -3.28. The number of rotatable bonds is 6. The zero-order valence-corrected chi connectivity index (χ0v) is 17.7. The summed E-state index contributed by atoms with van der Waals surface area (Å²) in [6.45, 7) is 11.2. The van der Waals surface area contributed by atoms with Crippen LogP contribution < -0.4 is 0 Å². The van der Waals surface area contributed by atoms with Crippen molar-refractivity contribution in [2.24, 2.45) is 0 Å². The number of aromatic nitrogens is 4. The molecule has 31 heavy (non-hydrogen) atoms. The maximum absolute atomic E-state index is 12.7. The molecule has 0 bridgehead atoms. The smallest absolute Gasteiger partial charge is 0.227 e. The highest BCUT2D eigenvalue weighted by atomic mass is 35.5. The van der Waals surface area contributed by atoms with Crippen LogP contribution in [0.4, 0.5) is 5.69 Å². The standard InChI is InChI=1S/C22H22ClN7O/c1-24-21-7-4-18(14-20(21)23)8-9-28-10-12-29(13-11-28)22(31)15-17-2-5-19(6-3-17)30-16-25-26-27-30/h2-7,14,16H,8-13,15H2. The van der Waals surface area contributed by atoms with Crippen molar-refractivity contribution in [1.29, 1.82) is 0 Å². The minimum absolute atomic E-state index is 0.149. The predicted octanol–water partition coefficient (Wildman–Crippen LogP) is 2.80. The van der Waals surface area contributed by atoms with Crippen LogP contribution in [0.2, 0.25) is 5.02 Å². The van der Waals surface area contributed by atoms with Crippen LogP contribution in [0.1, 0.15) is 11.1 Å². The van der Waals surface area contributed by atoms with Gasteiger partial charge >= 0.3 is 0 Å². The van der Waals surface area contributed by atoms with Gasteiger partial charge in [0.05, 0.1) is 18.7 Å². The number of carbonyl (C=O) groups excluding carboxylic acids is 1. The third-order valence-electron chi connectivity index (χ3n) is 5.48. The number of hydrogen-bond donors (Lipinski definition) is 0. The fraction of sp³-hybridized carbons (Fsp3) is 0.318. The summed E-state index contributed by atoms with van der Waals surface area (Å²) in [7, 11) is 0. The molecule has 1 amide bonds. The molecule has 1 aliphatic rings. The van der Waals surface area contributed by atoms with Gasteiger partial charge in [-0.2, -0.15) is 0 Å². The first-order valence-electron chi connectivity index (χ1n) is 10.1. The number of carbonyl (C=O) groups is 1. The second-order valence-electron chi connectivity index (χ2n) is 7.47. The summed E-state index contributed by atoms with van der Waals surface area (Å²) in [6.07, 6.45) is 2.80. The van der Waals surface area contributed by atoms with E-state index in [0.29, 0.717) is 17.1 Å². The molecule has 0 saturated carbocycles. The minimum Gasteiger partial charge on any atom is -0.340 e. The van der Waals surface area contributed by atoms with E-state index < -0.39 is 0 Å². The van der Waals surface area contributed by atoms with Gasteiger partial charge in [-0.05, 0) is 40.1 Å². The van der Waals surface area contributed by atoms with Gasteiger partial charge in [-0.1, -0.05) is 41.9 Å². The van der Waals surface area contributed by atoms with Crippen LogP contribution in [-0.2, 0) is 17.6 Å². The molecular weight excluding hydrogens is 414 g/mol. The normalized spacial score (nSPS) is 14.4. The molecular formula is C22H22ClN7O. The van der Waals surface area contributed by atoms with Crippen LogP contribution in [0.5, 0.6) is 0 Å². The quantitative estimate of drug-likeness (QED) is 0.557. The fourth-order valence-corrected chi connectivity index (χ4v) is 3.88. The summed E-state index contributed by atoms with van der Waals surface area (Å²) < 4.78 is 1.58. The van der Waals surface area contributed by atoms with E-state index in [9.17, 15) is 4.79 Å². The molecule has 158 valence electrons. The highest BCUT2D eigenvalue weighted by molar-refractivity contribution is 6.33. The Balaban J connectivity index is 1.23. The molecule has 0 spiro atoms. The lowest BCUT2D eigenvalue weighted by atomic mass is 10.1. The number of hydrogen-bond acceptors (Lipinski definition) is 5. The highest BCUT2D eigenvalue weighted by Gasteiger charge is 2.21. The van der Waals surface area contributed by atoms with E-state index in [1.54, 1.807) is 10.7 Å². The first kappa shape index (κ1) is 21.0. The Kier molecular flexibility index (Phi) is 6.55. The van der Waals surface area contributed by atoms with Gasteiger partial charge in [0.1, 0.15) is 6.33 Å². The molecule has 3 aromatic rings. The van der Waals surface area contributed by atoms with E-state index in [2.05, 4.69) is 25.3 Å². The Morgan fingerprint density at radius 2 is 1.81 bits per heavy atom. The number of piperazine rings is 1. The van der Waals surface area contributed by atoms with Crippen molar-refractivity contribution in [3.8, 4) is 5.69 Å². The third kappa shape index (κ3) is 5.26. The first-order chi connectivity index (χ1) is 15.1. The summed E-state index contributed by atoms with van der Waals surface area (Å²) in [5.74, 6) is 0.149. The van der Waals surface area contributed by atoms with Gasteiger partial charge in [-0.15, -0.1) is 5.10 Å². The average molecular weight is 436 g/mol. The molecule has 1 fully saturated rings. The molecule has 8 nitrogen and oxygen atoms in total. The van der Waals surface area contributed by atoms with Crippen LogP contribution in [-0.4, -0.2) is 68.6 Å². The molecule has 0 atom stereocenters. The van der Waals surface area contributed by atoms with Gasteiger partial charge in [-0.25, -0.2) is 9.53 Å². The molecule has 4 rings (SSSR count). The Labute approximate surface area is 185 Å². The molecule has 0 aliphatic carbocycles. The van der Waals surface area contributed by atoms with Crippen molar-refractivity contribution in [1.82, 2.24) is 30.0 Å². The van der Waals surface area contributed by atoms with E-state index >= 15 is 0 Å². The molecule has 1 aliphatic heterocycles. The number of tetrazole rings is 1. The van der Waals surface area contributed by atoms with Gasteiger partial charge in [0.15, 0.2) is 0 Å². The zero-order valence-electron chi connectivity index (χ0n) is 17.0. The van der Waals surface area contributed by atoms with Gasteiger partial charge in [0.25, 0.3) is 0 Å². The maximum Gasteiger partial charge on any atom is 0.227 e. The molecule has 0 unspecified atom stereocenters. The minimum atomic E-state index is 0.149. The Morgan fingerprint density at radius 1 is 1.06 bits per heavy atom. The number of benzene rings is 2. The topological polar surface area (TPSA) is 71.5 Å². The monoisotopic (exact) mass is 435 g/mol. The molecule has 9 heteroatoms. The maximum atomic E-state index is 12.7. The van der Waals surface area contributed by atoms with E-state index in [4.69, 9.17) is 18.2 Å². The van der Waals surface area contributed by atoms with E-state index in [-0.39, 0.29) is 5.91 Å². The van der Waals surface area contributed by atoms with Crippen LogP contribution in [0.15, 0.2) is 48.8 Å². The van der Waals surface area contributed by atoms with Crippen LogP contribution >= 0.6 is 11.6 Å². The summed E-state index contributed by atoms with van der Waals surface area (Å²) >= 11 is 6.12. The lowest BCUT2D eigenvalue weighted by molar-refractivity contribution is -0.132. The number of halogens is 1. The molecule has 0 radical (unpaired) electrons. The van der Waals surface area contributed by atoms with E-state index in [1.807, 2.05) is 41.3 Å². The van der Waals surface area contributed by atoms with Crippen molar-refractivity contribution >= 4 is 23.2 Å². The highest BCUT2D eigenvalue weighted by Crippen LogP contribution is 2.26. The lowest BCUT2D eigenvalue weighted by Crippen LogP contribution is -2.49. The average Bonchev–Trinajstić information content (AvgIpc) is 3.33. The van der Waals surface area contributed by atoms with Crippen molar-refractivity contribution in [3.63, 3.8) is 0 Å². The Bertz CT molecular complexity index is 1070. The zero-order chi connectivity index (χ0) is 21.6. The molecule has 0 N–H and O–H groups in total. The lowest BCUT2D eigenvalue weighted by Gasteiger charge is -2.35. The van der Waals surface area contributed by atoms with Crippen LogP contribution in [0, 0.1) is 6.57 Å². The van der Waals surface area contributed by atoms with Gasteiger partial charge in [0, 0.05) is 37.7 Å². The number of amides is 1. The summed E-state index contributed by atoms with van der Waals surface area (Å²) in [4.78, 5) is 20.4. The van der Waals surface area contributed by atoms with Crippen molar-refractivity contribution in [3.05, 3.63) is 76.4 Å². The van der Waals surface area contributed by atoms with Crippen LogP contribution in [0.3, 0.4) is 0 Å². The van der Waals surface area contributed by atoms with E-state index in [0.717, 1.165) is 56.0 Å². The third-order valence-corrected chi connectivity index (χ3v) is 5.78. The molecule has 1 saturated heterocycles. The first-order valence-corrected chi connectivity index (χ1v) is 10.5. The Morgan fingerprint density at radius 3 is 2.45 bits per heavy atom. The SMILES string of the molecule is [C-]#[N+]c1ccc(CCN2CCN(C(=O)Cc3ccc(-n4cnnn4)cc3)CC2)cc1Cl. The summed E-state index contributed by atoms with van der Waals surface area (Å²) in [6, 6.07) is 13.3. The van der Waals surface area contributed by atoms with Crippen molar-refractivity contribution < 1.29 is 4.79 Å². The summed E-state index contributed by atoms with van der Waals surface area (Å²) in [5, 5.41) is 11.6. The van der Waals surface area contributed by atoms with Crippen LogP contribution in [0.25, 0.3) is 10.5 Å².